The van der Waals surface area contributed by atoms with Crippen molar-refractivity contribution in [1.29, 1.82) is 0 Å². The first kappa shape index (κ1) is 14.7. The van der Waals surface area contributed by atoms with Gasteiger partial charge in [0.05, 0.1) is 23.5 Å². The molecule has 0 aliphatic carbocycles. The summed E-state index contributed by atoms with van der Waals surface area (Å²) in [5.74, 6) is 0.586. The third-order valence-electron chi connectivity index (χ3n) is 2.53. The van der Waals surface area contributed by atoms with E-state index in [2.05, 4.69) is 26.6 Å². The van der Waals surface area contributed by atoms with Gasteiger partial charge < -0.3 is 15.4 Å². The smallest absolute Gasteiger partial charge is 0.323 e. The van der Waals surface area contributed by atoms with Crippen LogP contribution in [0.25, 0.3) is 0 Å². The van der Waals surface area contributed by atoms with Crippen LogP contribution in [0.1, 0.15) is 0 Å². The Kier molecular flexibility index (Phi) is 4.87. The summed E-state index contributed by atoms with van der Waals surface area (Å²) in [5, 5.41) is 5.85. The zero-order chi connectivity index (χ0) is 14.5. The lowest BCUT2D eigenvalue weighted by Crippen LogP contribution is -2.20. The summed E-state index contributed by atoms with van der Waals surface area (Å²) in [7, 11) is 1.55. The number of methoxy groups -OCH3 is 1. The van der Waals surface area contributed by atoms with E-state index in [1.165, 1.54) is 0 Å². The van der Waals surface area contributed by atoms with Gasteiger partial charge in [-0.25, -0.2) is 4.79 Å². The number of ether oxygens (including phenoxy) is 1. The van der Waals surface area contributed by atoms with Gasteiger partial charge in [-0.15, -0.1) is 0 Å². The predicted octanol–water partition coefficient (Wildman–Crippen LogP) is 4.76. The maximum absolute atomic E-state index is 12.0. The quantitative estimate of drug-likeness (QED) is 0.834. The topological polar surface area (TPSA) is 50.4 Å². The van der Waals surface area contributed by atoms with Crippen LogP contribution in [0.15, 0.2) is 46.9 Å². The molecule has 0 unspecified atom stereocenters. The molecule has 0 atom stereocenters. The van der Waals surface area contributed by atoms with Gasteiger partial charge in [0.25, 0.3) is 0 Å². The Balaban J connectivity index is 2.11. The average Bonchev–Trinajstić information content (AvgIpc) is 2.43. The highest BCUT2D eigenvalue weighted by molar-refractivity contribution is 9.10. The monoisotopic (exact) mass is 354 g/mol. The molecule has 4 nitrogen and oxygen atoms in total. The van der Waals surface area contributed by atoms with Crippen molar-refractivity contribution in [3.05, 3.63) is 52.0 Å². The lowest BCUT2D eigenvalue weighted by Gasteiger charge is -2.11. The summed E-state index contributed by atoms with van der Waals surface area (Å²) in [6.07, 6.45) is 0. The zero-order valence-electron chi connectivity index (χ0n) is 10.6. The second-order valence-corrected chi connectivity index (χ2v) is 5.23. The van der Waals surface area contributed by atoms with Gasteiger partial charge in [0.15, 0.2) is 0 Å². The number of rotatable bonds is 3. The molecule has 104 valence electrons. The van der Waals surface area contributed by atoms with Gasteiger partial charge in [0.1, 0.15) is 5.75 Å². The van der Waals surface area contributed by atoms with Crippen molar-refractivity contribution in [3.8, 4) is 5.75 Å². The molecule has 0 radical (unpaired) electrons. The molecule has 0 aromatic heterocycles. The first-order chi connectivity index (χ1) is 9.60. The number of amides is 2. The molecule has 2 N–H and O–H groups in total. The Morgan fingerprint density at radius 2 is 1.85 bits per heavy atom. The summed E-state index contributed by atoms with van der Waals surface area (Å²) < 4.78 is 5.99. The van der Waals surface area contributed by atoms with Crippen molar-refractivity contribution < 1.29 is 9.53 Å². The molecule has 2 amide bonds. The number of carbonyl (C=O) groups excluding carboxylic acids is 1. The fraction of sp³-hybridized carbons (Fsp3) is 0.0714. The third kappa shape index (κ3) is 3.65. The number of hydrogen-bond donors (Lipinski definition) is 2. The normalized spacial score (nSPS) is 9.95. The number of benzene rings is 2. The molecule has 2 aromatic carbocycles. The second-order valence-electron chi connectivity index (χ2n) is 3.90. The number of halogens is 2. The fourth-order valence-corrected chi connectivity index (χ4v) is 2.14. The van der Waals surface area contributed by atoms with E-state index in [1.54, 1.807) is 37.4 Å². The molecule has 0 aliphatic rings. The minimum atomic E-state index is -0.394. The van der Waals surface area contributed by atoms with E-state index in [1.807, 2.05) is 12.1 Å². The second kappa shape index (κ2) is 6.63. The number of para-hydroxylation sites is 2. The summed E-state index contributed by atoms with van der Waals surface area (Å²) in [6.45, 7) is 0. The molecule has 0 saturated carbocycles. The van der Waals surface area contributed by atoms with E-state index >= 15 is 0 Å². The number of anilines is 2. The number of urea groups is 1. The van der Waals surface area contributed by atoms with Crippen molar-refractivity contribution in [2.75, 3.05) is 17.7 Å². The van der Waals surface area contributed by atoms with Gasteiger partial charge in [-0.05, 0) is 30.3 Å². The van der Waals surface area contributed by atoms with Gasteiger partial charge in [-0.3, -0.25) is 0 Å². The van der Waals surface area contributed by atoms with E-state index in [0.717, 1.165) is 4.47 Å². The predicted molar refractivity (Wildman–Crippen MR) is 84.8 cm³/mol. The maximum Gasteiger partial charge on any atom is 0.323 e. The SMILES string of the molecule is COc1ccccc1NC(=O)Nc1cc(Br)ccc1Cl. The molecule has 0 heterocycles. The highest BCUT2D eigenvalue weighted by Crippen LogP contribution is 2.27. The lowest BCUT2D eigenvalue weighted by atomic mass is 10.3. The van der Waals surface area contributed by atoms with Crippen molar-refractivity contribution in [3.63, 3.8) is 0 Å². The molecule has 0 bridgehead atoms. The van der Waals surface area contributed by atoms with E-state index < -0.39 is 6.03 Å². The van der Waals surface area contributed by atoms with Gasteiger partial charge in [0, 0.05) is 4.47 Å². The Bertz CT molecular complexity index is 634. The molecular formula is C14H12BrClN2O2. The van der Waals surface area contributed by atoms with Crippen LogP contribution in [-0.2, 0) is 0 Å². The Morgan fingerprint density at radius 1 is 1.15 bits per heavy atom. The number of nitrogens with one attached hydrogen (secondary N) is 2. The molecular weight excluding hydrogens is 344 g/mol. The summed E-state index contributed by atoms with van der Waals surface area (Å²) in [4.78, 5) is 12.0. The van der Waals surface area contributed by atoms with Crippen molar-refractivity contribution in [1.82, 2.24) is 0 Å². The molecule has 2 aromatic rings. The highest BCUT2D eigenvalue weighted by atomic mass is 79.9. The van der Waals surface area contributed by atoms with Crippen LogP contribution >= 0.6 is 27.5 Å². The first-order valence-electron chi connectivity index (χ1n) is 5.76. The van der Waals surface area contributed by atoms with Crippen molar-refractivity contribution in [2.24, 2.45) is 0 Å². The number of carbonyl (C=O) groups is 1. The van der Waals surface area contributed by atoms with Crippen LogP contribution in [0.2, 0.25) is 5.02 Å². The maximum atomic E-state index is 12.0. The van der Waals surface area contributed by atoms with Crippen LogP contribution in [-0.4, -0.2) is 13.1 Å². The van der Waals surface area contributed by atoms with Crippen LogP contribution in [0, 0.1) is 0 Å². The minimum absolute atomic E-state index is 0.394. The molecule has 0 saturated heterocycles. The summed E-state index contributed by atoms with van der Waals surface area (Å²) in [6, 6.07) is 12.0. The average molecular weight is 356 g/mol. The lowest BCUT2D eigenvalue weighted by molar-refractivity contribution is 0.262. The van der Waals surface area contributed by atoms with Crippen LogP contribution < -0.4 is 15.4 Å². The van der Waals surface area contributed by atoms with Crippen LogP contribution in [0.3, 0.4) is 0 Å². The zero-order valence-corrected chi connectivity index (χ0v) is 13.0. The molecule has 0 fully saturated rings. The van der Waals surface area contributed by atoms with E-state index in [9.17, 15) is 4.79 Å². The van der Waals surface area contributed by atoms with E-state index in [0.29, 0.717) is 22.1 Å². The van der Waals surface area contributed by atoms with Crippen LogP contribution in [0.4, 0.5) is 16.2 Å². The van der Waals surface area contributed by atoms with Crippen molar-refractivity contribution >= 4 is 44.9 Å². The standard InChI is InChI=1S/C14H12BrClN2O2/c1-20-13-5-3-2-4-11(13)17-14(19)18-12-8-9(15)6-7-10(12)16/h2-8H,1H3,(H2,17,18,19). The Hall–Kier alpha value is -1.72. The van der Waals surface area contributed by atoms with Gasteiger partial charge in [-0.1, -0.05) is 39.7 Å². The molecule has 0 spiro atoms. The largest absolute Gasteiger partial charge is 0.495 e. The van der Waals surface area contributed by atoms with Crippen LogP contribution in [0.5, 0.6) is 5.75 Å². The first-order valence-corrected chi connectivity index (χ1v) is 6.93. The van der Waals surface area contributed by atoms with E-state index in [-0.39, 0.29) is 0 Å². The van der Waals surface area contributed by atoms with Crippen molar-refractivity contribution in [2.45, 2.75) is 0 Å². The Morgan fingerprint density at radius 3 is 2.60 bits per heavy atom. The minimum Gasteiger partial charge on any atom is -0.495 e. The Labute approximate surface area is 130 Å². The molecule has 6 heteroatoms. The highest BCUT2D eigenvalue weighted by Gasteiger charge is 2.09. The van der Waals surface area contributed by atoms with Gasteiger partial charge >= 0.3 is 6.03 Å². The fourth-order valence-electron chi connectivity index (χ4n) is 1.62. The van der Waals surface area contributed by atoms with Gasteiger partial charge in [0.2, 0.25) is 0 Å². The van der Waals surface area contributed by atoms with E-state index in [4.69, 9.17) is 16.3 Å². The molecule has 20 heavy (non-hydrogen) atoms. The molecule has 0 aliphatic heterocycles. The summed E-state index contributed by atoms with van der Waals surface area (Å²) >= 11 is 9.34. The van der Waals surface area contributed by atoms with Gasteiger partial charge in [-0.2, -0.15) is 0 Å². The number of hydrogen-bond acceptors (Lipinski definition) is 2. The summed E-state index contributed by atoms with van der Waals surface area (Å²) in [5.41, 5.74) is 1.10. The third-order valence-corrected chi connectivity index (χ3v) is 3.35. The molecule has 2 rings (SSSR count).